The lowest BCUT2D eigenvalue weighted by atomic mass is 9.71. The highest BCUT2D eigenvalue weighted by atomic mass is 16.6. The first-order chi connectivity index (χ1) is 5.33. The average molecular weight is 154 g/mol. The summed E-state index contributed by atoms with van der Waals surface area (Å²) >= 11 is 0. The van der Waals surface area contributed by atoms with Crippen molar-refractivity contribution in [1.29, 1.82) is 0 Å². The SMILES string of the molecule is O[C@H]1C[C@@H]2CC3OC3[C@H](C1)C2. The van der Waals surface area contributed by atoms with Crippen LogP contribution in [0.25, 0.3) is 0 Å². The fraction of sp³-hybridized carbons (Fsp3) is 1.00. The fourth-order valence-electron chi connectivity index (χ4n) is 3.00. The molecule has 5 atom stereocenters. The lowest BCUT2D eigenvalue weighted by molar-refractivity contribution is 0.0539. The van der Waals surface area contributed by atoms with Crippen LogP contribution < -0.4 is 0 Å². The zero-order valence-electron chi connectivity index (χ0n) is 6.57. The molecule has 2 nitrogen and oxygen atoms in total. The first-order valence-corrected chi connectivity index (χ1v) is 4.66. The lowest BCUT2D eigenvalue weighted by Gasteiger charge is -2.34. The van der Waals surface area contributed by atoms with Gasteiger partial charge in [0.1, 0.15) is 0 Å². The van der Waals surface area contributed by atoms with E-state index in [2.05, 4.69) is 0 Å². The molecule has 62 valence electrons. The van der Waals surface area contributed by atoms with Gasteiger partial charge in [-0.25, -0.2) is 0 Å². The molecule has 3 aliphatic rings. The second-order valence-corrected chi connectivity index (χ2v) is 4.36. The Balaban J connectivity index is 1.80. The second kappa shape index (κ2) is 1.99. The molecule has 1 heterocycles. The van der Waals surface area contributed by atoms with Crippen molar-refractivity contribution in [2.75, 3.05) is 0 Å². The zero-order valence-corrected chi connectivity index (χ0v) is 6.57. The molecule has 0 spiro atoms. The van der Waals surface area contributed by atoms with Crippen molar-refractivity contribution in [3.63, 3.8) is 0 Å². The van der Waals surface area contributed by atoms with Crippen LogP contribution in [0.15, 0.2) is 0 Å². The minimum atomic E-state index is -0.0242. The van der Waals surface area contributed by atoms with E-state index >= 15 is 0 Å². The monoisotopic (exact) mass is 154 g/mol. The van der Waals surface area contributed by atoms with Crippen LogP contribution in [0, 0.1) is 11.8 Å². The molecule has 2 aliphatic carbocycles. The Morgan fingerprint density at radius 2 is 2.00 bits per heavy atom. The van der Waals surface area contributed by atoms with Crippen LogP contribution in [0.3, 0.4) is 0 Å². The molecule has 3 rings (SSSR count). The number of fused-ring (bicyclic) bond motifs is 4. The Kier molecular flexibility index (Phi) is 1.16. The number of epoxide rings is 1. The summed E-state index contributed by atoms with van der Waals surface area (Å²) in [7, 11) is 0. The third-order valence-electron chi connectivity index (χ3n) is 3.47. The van der Waals surface area contributed by atoms with Gasteiger partial charge in [-0.05, 0) is 37.5 Å². The highest BCUT2D eigenvalue weighted by Gasteiger charge is 2.52. The van der Waals surface area contributed by atoms with Crippen molar-refractivity contribution in [3.8, 4) is 0 Å². The summed E-state index contributed by atoms with van der Waals surface area (Å²) in [5, 5.41) is 9.50. The van der Waals surface area contributed by atoms with Gasteiger partial charge in [0, 0.05) is 0 Å². The molecule has 0 amide bonds. The lowest BCUT2D eigenvalue weighted by Crippen LogP contribution is -2.34. The summed E-state index contributed by atoms with van der Waals surface area (Å²) in [4.78, 5) is 0. The number of ether oxygens (including phenoxy) is 1. The minimum Gasteiger partial charge on any atom is -0.393 e. The van der Waals surface area contributed by atoms with Gasteiger partial charge in [-0.3, -0.25) is 0 Å². The summed E-state index contributed by atoms with van der Waals surface area (Å²) < 4.78 is 5.53. The summed E-state index contributed by atoms with van der Waals surface area (Å²) in [6.07, 6.45) is 5.67. The van der Waals surface area contributed by atoms with Gasteiger partial charge >= 0.3 is 0 Å². The summed E-state index contributed by atoms with van der Waals surface area (Å²) in [6, 6.07) is 0. The van der Waals surface area contributed by atoms with E-state index in [1.807, 2.05) is 0 Å². The highest BCUT2D eigenvalue weighted by Crippen LogP contribution is 2.49. The van der Waals surface area contributed by atoms with Gasteiger partial charge in [0.15, 0.2) is 0 Å². The third-order valence-corrected chi connectivity index (χ3v) is 3.47. The molecule has 2 saturated carbocycles. The van der Waals surface area contributed by atoms with Gasteiger partial charge in [-0.1, -0.05) is 0 Å². The molecule has 1 aliphatic heterocycles. The topological polar surface area (TPSA) is 32.8 Å². The Bertz CT molecular complexity index is 176. The predicted molar refractivity (Wildman–Crippen MR) is 40.1 cm³/mol. The molecule has 2 bridgehead atoms. The van der Waals surface area contributed by atoms with Crippen LogP contribution in [0.5, 0.6) is 0 Å². The van der Waals surface area contributed by atoms with E-state index < -0.39 is 0 Å². The first kappa shape index (κ1) is 6.44. The molecule has 2 unspecified atom stereocenters. The average Bonchev–Trinajstić information content (AvgIpc) is 2.65. The van der Waals surface area contributed by atoms with Gasteiger partial charge in [0.2, 0.25) is 0 Å². The number of rotatable bonds is 0. The van der Waals surface area contributed by atoms with Crippen LogP contribution in [-0.4, -0.2) is 23.4 Å². The number of aliphatic hydroxyl groups excluding tert-OH is 1. The predicted octanol–water partition coefficient (Wildman–Crippen LogP) is 0.935. The number of aliphatic hydroxyl groups is 1. The molecule has 1 N–H and O–H groups in total. The quantitative estimate of drug-likeness (QED) is 0.526. The van der Waals surface area contributed by atoms with Crippen molar-refractivity contribution >= 4 is 0 Å². The van der Waals surface area contributed by atoms with E-state index in [9.17, 15) is 5.11 Å². The van der Waals surface area contributed by atoms with Crippen LogP contribution in [0.4, 0.5) is 0 Å². The maximum absolute atomic E-state index is 9.50. The fourth-order valence-corrected chi connectivity index (χ4v) is 3.00. The molecule has 3 fully saturated rings. The van der Waals surface area contributed by atoms with Crippen LogP contribution >= 0.6 is 0 Å². The third kappa shape index (κ3) is 0.926. The van der Waals surface area contributed by atoms with E-state index in [4.69, 9.17) is 4.74 Å². The number of hydrogen-bond donors (Lipinski definition) is 1. The Morgan fingerprint density at radius 1 is 1.09 bits per heavy atom. The minimum absolute atomic E-state index is 0.0242. The van der Waals surface area contributed by atoms with Crippen molar-refractivity contribution in [1.82, 2.24) is 0 Å². The maximum Gasteiger partial charge on any atom is 0.0871 e. The molecule has 0 aromatic heterocycles. The molecule has 11 heavy (non-hydrogen) atoms. The summed E-state index contributed by atoms with van der Waals surface area (Å²) in [5.41, 5.74) is 0. The van der Waals surface area contributed by atoms with E-state index in [0.29, 0.717) is 18.1 Å². The van der Waals surface area contributed by atoms with Gasteiger partial charge < -0.3 is 9.84 Å². The van der Waals surface area contributed by atoms with E-state index in [0.717, 1.165) is 18.8 Å². The van der Waals surface area contributed by atoms with E-state index in [-0.39, 0.29) is 6.10 Å². The summed E-state index contributed by atoms with van der Waals surface area (Å²) in [5.74, 6) is 1.47. The Morgan fingerprint density at radius 3 is 2.91 bits per heavy atom. The Hall–Kier alpha value is -0.0800. The van der Waals surface area contributed by atoms with E-state index in [1.165, 1.54) is 12.8 Å². The van der Waals surface area contributed by atoms with Crippen molar-refractivity contribution in [2.24, 2.45) is 11.8 Å². The molecule has 0 aromatic rings. The van der Waals surface area contributed by atoms with Crippen molar-refractivity contribution in [3.05, 3.63) is 0 Å². The maximum atomic E-state index is 9.50. The largest absolute Gasteiger partial charge is 0.393 e. The van der Waals surface area contributed by atoms with Gasteiger partial charge in [0.25, 0.3) is 0 Å². The Labute approximate surface area is 66.5 Å². The van der Waals surface area contributed by atoms with E-state index in [1.54, 1.807) is 0 Å². The van der Waals surface area contributed by atoms with Crippen LogP contribution in [0.1, 0.15) is 25.7 Å². The van der Waals surface area contributed by atoms with Crippen LogP contribution in [-0.2, 0) is 4.74 Å². The molecular formula is C9H14O2. The second-order valence-electron chi connectivity index (χ2n) is 4.36. The first-order valence-electron chi connectivity index (χ1n) is 4.66. The van der Waals surface area contributed by atoms with Gasteiger partial charge in [0.05, 0.1) is 18.3 Å². The zero-order chi connectivity index (χ0) is 7.42. The molecule has 1 saturated heterocycles. The normalized spacial score (nSPS) is 60.3. The highest BCUT2D eigenvalue weighted by molar-refractivity contribution is 5.01. The molecule has 0 radical (unpaired) electrons. The smallest absolute Gasteiger partial charge is 0.0871 e. The van der Waals surface area contributed by atoms with Gasteiger partial charge in [-0.15, -0.1) is 0 Å². The van der Waals surface area contributed by atoms with Crippen LogP contribution in [0.2, 0.25) is 0 Å². The molecule has 2 heteroatoms. The summed E-state index contributed by atoms with van der Waals surface area (Å²) in [6.45, 7) is 0. The van der Waals surface area contributed by atoms with Crippen molar-refractivity contribution in [2.45, 2.75) is 44.0 Å². The standard InChI is InChI=1S/C9H14O2/c10-7-2-5-1-6(4-7)9-8(3-5)11-9/h5-10H,1-4H2/t5-,6+,7+,8?,9?/m1/s1. The molecular weight excluding hydrogens is 140 g/mol. The van der Waals surface area contributed by atoms with Gasteiger partial charge in [-0.2, -0.15) is 0 Å². The molecule has 0 aromatic carbocycles. The number of hydrogen-bond acceptors (Lipinski definition) is 2. The van der Waals surface area contributed by atoms with Crippen molar-refractivity contribution < 1.29 is 9.84 Å².